The minimum Gasteiger partial charge on any atom is -0.272 e. The van der Waals surface area contributed by atoms with Gasteiger partial charge in [0.2, 0.25) is 0 Å². The summed E-state index contributed by atoms with van der Waals surface area (Å²) in [5.41, 5.74) is 5.30. The number of thioether (sulfide) groups is 1. The average Bonchev–Trinajstić information content (AvgIpc) is 3.24. The van der Waals surface area contributed by atoms with Gasteiger partial charge in [-0.2, -0.15) is 5.10 Å². The number of rotatable bonds is 7. The van der Waals surface area contributed by atoms with Crippen molar-refractivity contribution in [1.82, 2.24) is 20.2 Å². The van der Waals surface area contributed by atoms with Crippen molar-refractivity contribution >= 4 is 55.7 Å². The van der Waals surface area contributed by atoms with Gasteiger partial charge in [0.1, 0.15) is 0 Å². The van der Waals surface area contributed by atoms with Crippen LogP contribution >= 0.6 is 43.6 Å². The van der Waals surface area contributed by atoms with E-state index in [9.17, 15) is 4.79 Å². The lowest BCUT2D eigenvalue weighted by atomic mass is 10.2. The zero-order valence-corrected chi connectivity index (χ0v) is 20.6. The smallest absolute Gasteiger partial charge is 0.250 e. The van der Waals surface area contributed by atoms with E-state index in [2.05, 4.69) is 52.6 Å². The van der Waals surface area contributed by atoms with E-state index in [1.807, 2.05) is 83.4 Å². The van der Waals surface area contributed by atoms with Crippen molar-refractivity contribution in [3.63, 3.8) is 0 Å². The van der Waals surface area contributed by atoms with Gasteiger partial charge in [0.15, 0.2) is 11.0 Å². The van der Waals surface area contributed by atoms with E-state index >= 15 is 0 Å². The molecule has 0 atom stereocenters. The van der Waals surface area contributed by atoms with E-state index in [0.717, 1.165) is 25.8 Å². The number of nitrogens with zero attached hydrogens (tertiary/aromatic N) is 4. The highest BCUT2D eigenvalue weighted by Gasteiger charge is 2.17. The molecule has 0 radical (unpaired) electrons. The molecule has 0 saturated carbocycles. The topological polar surface area (TPSA) is 72.2 Å². The number of carbonyl (C=O) groups is 1. The van der Waals surface area contributed by atoms with E-state index in [4.69, 9.17) is 0 Å². The van der Waals surface area contributed by atoms with Gasteiger partial charge in [-0.1, -0.05) is 86.1 Å². The number of hydrogen-bond acceptors (Lipinski definition) is 5. The van der Waals surface area contributed by atoms with Gasteiger partial charge in [0.05, 0.1) is 12.0 Å². The lowest BCUT2D eigenvalue weighted by molar-refractivity contribution is -0.118. The number of carbonyl (C=O) groups excluding carboxylic acids is 1. The monoisotopic (exact) mass is 569 g/mol. The van der Waals surface area contributed by atoms with Gasteiger partial charge in [-0.3, -0.25) is 9.36 Å². The van der Waals surface area contributed by atoms with Crippen LogP contribution in [-0.4, -0.2) is 32.6 Å². The van der Waals surface area contributed by atoms with Crippen molar-refractivity contribution in [2.75, 3.05) is 5.75 Å². The fourth-order valence-electron chi connectivity index (χ4n) is 2.85. The van der Waals surface area contributed by atoms with Crippen LogP contribution in [0.2, 0.25) is 0 Å². The lowest BCUT2D eigenvalue weighted by Gasteiger charge is -2.10. The van der Waals surface area contributed by atoms with Crippen molar-refractivity contribution < 1.29 is 4.79 Å². The average molecular weight is 571 g/mol. The van der Waals surface area contributed by atoms with Crippen LogP contribution in [0, 0.1) is 0 Å². The molecule has 0 bridgehead atoms. The molecular weight excluding hydrogens is 554 g/mol. The summed E-state index contributed by atoms with van der Waals surface area (Å²) < 4.78 is 3.91. The fraction of sp³-hybridized carbons (Fsp3) is 0.0435. The molecule has 4 rings (SSSR count). The second kappa shape index (κ2) is 10.7. The predicted octanol–water partition coefficient (Wildman–Crippen LogP) is 5.70. The Morgan fingerprint density at radius 2 is 1.59 bits per heavy atom. The Labute approximate surface area is 206 Å². The number of benzene rings is 3. The summed E-state index contributed by atoms with van der Waals surface area (Å²) in [5.74, 6) is 0.639. The Kier molecular flexibility index (Phi) is 7.51. The molecule has 6 nitrogen and oxygen atoms in total. The van der Waals surface area contributed by atoms with Crippen LogP contribution in [0.1, 0.15) is 5.56 Å². The third-order valence-electron chi connectivity index (χ3n) is 4.36. The third kappa shape index (κ3) is 5.73. The van der Waals surface area contributed by atoms with Crippen molar-refractivity contribution in [3.8, 4) is 17.1 Å². The Hall–Kier alpha value is -2.75. The van der Waals surface area contributed by atoms with Crippen molar-refractivity contribution in [1.29, 1.82) is 0 Å². The molecule has 1 amide bonds. The molecule has 0 unspecified atom stereocenters. The summed E-state index contributed by atoms with van der Waals surface area (Å²) in [6.07, 6.45) is 1.60. The third-order valence-corrected chi connectivity index (χ3v) is 6.34. The lowest BCUT2D eigenvalue weighted by Crippen LogP contribution is -2.20. The number of aromatic nitrogens is 3. The van der Waals surface area contributed by atoms with Gasteiger partial charge in [0, 0.05) is 20.2 Å². The minimum atomic E-state index is -0.227. The zero-order valence-electron chi connectivity index (χ0n) is 16.7. The van der Waals surface area contributed by atoms with E-state index in [1.54, 1.807) is 6.21 Å². The first-order chi connectivity index (χ1) is 15.6. The number of nitrogens with one attached hydrogen (secondary N) is 1. The predicted molar refractivity (Wildman–Crippen MR) is 135 cm³/mol. The first kappa shape index (κ1) is 22.4. The molecule has 4 aromatic rings. The molecule has 0 aliphatic carbocycles. The molecule has 160 valence electrons. The van der Waals surface area contributed by atoms with Crippen LogP contribution in [0.3, 0.4) is 0 Å². The SMILES string of the molecule is O=C(CSc1nnc(-c2ccccc2)n1-c1ccc(Br)cc1)NN=Cc1ccc(Br)cc1. The Balaban J connectivity index is 1.49. The Morgan fingerprint density at radius 3 is 2.28 bits per heavy atom. The molecule has 0 aliphatic heterocycles. The van der Waals surface area contributed by atoms with Crippen LogP contribution in [-0.2, 0) is 4.79 Å². The molecule has 3 aromatic carbocycles. The summed E-state index contributed by atoms with van der Waals surface area (Å²) in [6, 6.07) is 25.4. The minimum absolute atomic E-state index is 0.154. The number of hydrazone groups is 1. The maximum Gasteiger partial charge on any atom is 0.250 e. The molecule has 0 saturated heterocycles. The standard InChI is InChI=1S/C23H17Br2N5OS/c24-18-8-6-16(7-9-18)14-26-27-21(31)15-32-23-29-28-22(17-4-2-1-3-5-17)30(23)20-12-10-19(25)11-13-20/h1-14H,15H2,(H,27,31). The van der Waals surface area contributed by atoms with E-state index in [-0.39, 0.29) is 11.7 Å². The molecule has 0 spiro atoms. The van der Waals surface area contributed by atoms with Crippen LogP contribution in [0.15, 0.2) is 98.1 Å². The molecule has 32 heavy (non-hydrogen) atoms. The Bertz CT molecular complexity index is 1230. The summed E-state index contributed by atoms with van der Waals surface area (Å²) in [5, 5.41) is 13.4. The van der Waals surface area contributed by atoms with Gasteiger partial charge >= 0.3 is 0 Å². The summed E-state index contributed by atoms with van der Waals surface area (Å²) >= 11 is 8.16. The first-order valence-electron chi connectivity index (χ1n) is 9.57. The quantitative estimate of drug-likeness (QED) is 0.176. The number of amides is 1. The van der Waals surface area contributed by atoms with Gasteiger partial charge in [-0.15, -0.1) is 10.2 Å². The molecule has 1 N–H and O–H groups in total. The van der Waals surface area contributed by atoms with Crippen LogP contribution in [0.25, 0.3) is 17.1 Å². The Morgan fingerprint density at radius 1 is 0.938 bits per heavy atom. The highest BCUT2D eigenvalue weighted by atomic mass is 79.9. The largest absolute Gasteiger partial charge is 0.272 e. The second-order valence-corrected chi connectivity index (χ2v) is 9.39. The van der Waals surface area contributed by atoms with Gasteiger partial charge < -0.3 is 0 Å². The fourth-order valence-corrected chi connectivity index (χ4v) is 4.12. The molecule has 1 aromatic heterocycles. The molecular formula is C23H17Br2N5OS. The summed E-state index contributed by atoms with van der Waals surface area (Å²) in [4.78, 5) is 12.3. The van der Waals surface area contributed by atoms with Gasteiger partial charge in [-0.05, 0) is 42.0 Å². The maximum absolute atomic E-state index is 12.3. The van der Waals surface area contributed by atoms with Crippen LogP contribution < -0.4 is 5.43 Å². The summed E-state index contributed by atoms with van der Waals surface area (Å²) in [7, 11) is 0. The number of halogens is 2. The van der Waals surface area contributed by atoms with E-state index < -0.39 is 0 Å². The van der Waals surface area contributed by atoms with Crippen LogP contribution in [0.4, 0.5) is 0 Å². The van der Waals surface area contributed by atoms with E-state index in [0.29, 0.717) is 11.0 Å². The van der Waals surface area contributed by atoms with Gasteiger partial charge in [-0.25, -0.2) is 5.43 Å². The molecule has 9 heteroatoms. The zero-order chi connectivity index (χ0) is 22.3. The highest BCUT2D eigenvalue weighted by Crippen LogP contribution is 2.28. The first-order valence-corrected chi connectivity index (χ1v) is 12.1. The van der Waals surface area contributed by atoms with Gasteiger partial charge in [0.25, 0.3) is 5.91 Å². The molecule has 0 fully saturated rings. The van der Waals surface area contributed by atoms with Crippen molar-refractivity contribution in [3.05, 3.63) is 93.4 Å². The van der Waals surface area contributed by atoms with Crippen molar-refractivity contribution in [2.45, 2.75) is 5.16 Å². The number of hydrogen-bond donors (Lipinski definition) is 1. The maximum atomic E-state index is 12.3. The molecule has 0 aliphatic rings. The molecule has 1 heterocycles. The summed E-state index contributed by atoms with van der Waals surface area (Å²) in [6.45, 7) is 0. The van der Waals surface area contributed by atoms with Crippen molar-refractivity contribution in [2.24, 2.45) is 5.10 Å². The van der Waals surface area contributed by atoms with E-state index in [1.165, 1.54) is 11.8 Å². The highest BCUT2D eigenvalue weighted by molar-refractivity contribution is 9.10. The normalized spacial score (nSPS) is 11.1. The van der Waals surface area contributed by atoms with Crippen LogP contribution in [0.5, 0.6) is 0 Å². The second-order valence-electron chi connectivity index (χ2n) is 6.62.